The number of nitrogens with two attached hydrogens (primary N) is 1. The Morgan fingerprint density at radius 1 is 0.974 bits per heavy atom. The molecule has 0 aliphatic carbocycles. The number of phenols is 2. The van der Waals surface area contributed by atoms with Gasteiger partial charge in [-0.1, -0.05) is 0 Å². The lowest BCUT2D eigenvalue weighted by molar-refractivity contribution is 0.0292. The number of hydrogen-bond donors (Lipinski definition) is 4. The Balaban J connectivity index is 1.16. The van der Waals surface area contributed by atoms with E-state index in [-0.39, 0.29) is 71.6 Å². The normalized spacial score (nSPS) is 19.1. The molecule has 0 saturated heterocycles. The molecule has 4 aromatic rings. The molecule has 2 aliphatic rings. The maximum atomic E-state index is 14.2. The van der Waals surface area contributed by atoms with Crippen molar-refractivity contribution < 1.29 is 43.0 Å². The highest BCUT2D eigenvalue weighted by molar-refractivity contribution is 7.59. The van der Waals surface area contributed by atoms with Crippen LogP contribution in [0.25, 0.3) is 11.2 Å². The Hall–Kier alpha value is -4.46. The molecule has 2 aromatic carbocycles. The van der Waals surface area contributed by atoms with Gasteiger partial charge in [0, 0.05) is 12.1 Å². The van der Waals surface area contributed by atoms with Crippen LogP contribution in [0.2, 0.25) is 0 Å². The fourth-order valence-corrected chi connectivity index (χ4v) is 5.68. The molecule has 2 atom stereocenters. The molecule has 0 radical (unpaired) electrons. The highest BCUT2D eigenvalue weighted by atomic mass is 31.2. The van der Waals surface area contributed by atoms with Gasteiger partial charge >= 0.3 is 19.4 Å². The second kappa shape index (κ2) is 9.13. The summed E-state index contributed by atoms with van der Waals surface area (Å²) < 4.78 is 49.8. The van der Waals surface area contributed by atoms with E-state index in [9.17, 15) is 19.6 Å². The number of ether oxygens (including phenoxy) is 5. The smallest absolute Gasteiger partial charge is 0.361 e. The van der Waals surface area contributed by atoms with Crippen molar-refractivity contribution in [3.05, 3.63) is 53.1 Å². The Labute approximate surface area is 212 Å². The number of aromatic amines is 1. The average molecular weight is 545 g/mol. The lowest BCUT2D eigenvalue weighted by Crippen LogP contribution is -2.32. The third-order valence-corrected chi connectivity index (χ3v) is 7.78. The lowest BCUT2D eigenvalue weighted by atomic mass is 10.3. The molecular formula is C22H20N5O10P. The molecule has 0 bridgehead atoms. The van der Waals surface area contributed by atoms with E-state index >= 15 is 0 Å². The number of H-pyrrole nitrogens is 1. The number of phenolic OH excluding ortho intramolecular Hbond substituents is 2. The van der Waals surface area contributed by atoms with Gasteiger partial charge in [0.25, 0.3) is 5.56 Å². The Morgan fingerprint density at radius 3 is 2.21 bits per heavy atom. The minimum atomic E-state index is -4.09. The number of aromatic hydroxyl groups is 2. The summed E-state index contributed by atoms with van der Waals surface area (Å²) in [4.78, 5) is 22.3. The van der Waals surface area contributed by atoms with E-state index in [1.54, 1.807) is 0 Å². The largest absolute Gasteiger partial charge is 0.508 e. The summed E-state index contributed by atoms with van der Waals surface area (Å²) in [5, 5.41) is 19.5. The maximum absolute atomic E-state index is 14.2. The summed E-state index contributed by atoms with van der Waals surface area (Å²) in [6.07, 6.45) is 1.37. The van der Waals surface area contributed by atoms with E-state index < -0.39 is 25.0 Å². The van der Waals surface area contributed by atoms with Crippen LogP contribution in [-0.4, -0.2) is 55.0 Å². The van der Waals surface area contributed by atoms with Gasteiger partial charge in [0.1, 0.15) is 18.2 Å². The molecule has 6 rings (SSSR count). The zero-order chi connectivity index (χ0) is 26.4. The maximum Gasteiger partial charge on any atom is 0.361 e. The van der Waals surface area contributed by atoms with E-state index in [0.717, 1.165) is 0 Å². The zero-order valence-corrected chi connectivity index (χ0v) is 20.2. The Bertz CT molecular complexity index is 1570. The molecule has 4 heterocycles. The van der Waals surface area contributed by atoms with Gasteiger partial charge in [0.05, 0.1) is 19.5 Å². The van der Waals surface area contributed by atoms with Crippen LogP contribution in [0.5, 0.6) is 34.5 Å². The summed E-state index contributed by atoms with van der Waals surface area (Å²) >= 11 is 0. The van der Waals surface area contributed by atoms with Crippen LogP contribution in [0.4, 0.5) is 5.95 Å². The van der Waals surface area contributed by atoms with Crippen molar-refractivity contribution in [3.8, 4) is 34.5 Å². The van der Waals surface area contributed by atoms with Gasteiger partial charge in [-0.3, -0.25) is 18.9 Å². The van der Waals surface area contributed by atoms with E-state index in [2.05, 4.69) is 15.0 Å². The minimum absolute atomic E-state index is 0.0523. The highest BCUT2D eigenvalue weighted by Crippen LogP contribution is 2.62. The standard InChI is InChI=1S/C22H20N5O10P/c23-20-25-18-17(19(30)26-20)24-9-27(18)10-32-5-6-33-38(31,21-34-13-3-1-11(28)7-15(13)36-21)22-35-14-4-2-12(29)8-16(14)37-22/h1-4,7-9,21-22,28-29H,5-6,10H2,(H3,23,25,26,30). The fourth-order valence-electron chi connectivity index (χ4n) is 3.84. The molecular weight excluding hydrogens is 525 g/mol. The second-order valence-electron chi connectivity index (χ2n) is 8.20. The quantitative estimate of drug-likeness (QED) is 0.185. The fraction of sp³-hybridized carbons (Fsp3) is 0.227. The van der Waals surface area contributed by atoms with Crippen LogP contribution in [0.1, 0.15) is 0 Å². The zero-order valence-electron chi connectivity index (χ0n) is 19.3. The molecule has 15 nitrogen and oxygen atoms in total. The summed E-state index contributed by atoms with van der Waals surface area (Å²) in [5.74, 6) is 0.612. The summed E-state index contributed by atoms with van der Waals surface area (Å²) in [6.45, 7) is -0.304. The number of aromatic nitrogens is 4. The van der Waals surface area contributed by atoms with Crippen LogP contribution in [0, 0.1) is 0 Å². The molecule has 38 heavy (non-hydrogen) atoms. The van der Waals surface area contributed by atoms with E-state index in [0.29, 0.717) is 0 Å². The first-order chi connectivity index (χ1) is 18.3. The number of imidazole rings is 1. The number of hydrogen-bond acceptors (Lipinski definition) is 13. The molecule has 198 valence electrons. The van der Waals surface area contributed by atoms with Gasteiger partial charge < -0.3 is 44.2 Å². The van der Waals surface area contributed by atoms with Crippen LogP contribution in [0.3, 0.4) is 0 Å². The Kier molecular flexibility index (Phi) is 5.75. The van der Waals surface area contributed by atoms with Crippen molar-refractivity contribution in [1.82, 2.24) is 19.5 Å². The van der Waals surface area contributed by atoms with E-state index in [1.807, 2.05) is 0 Å². The van der Waals surface area contributed by atoms with Crippen LogP contribution < -0.4 is 30.2 Å². The monoisotopic (exact) mass is 545 g/mol. The highest BCUT2D eigenvalue weighted by Gasteiger charge is 2.54. The van der Waals surface area contributed by atoms with Crippen molar-refractivity contribution >= 4 is 24.5 Å². The second-order valence-corrected chi connectivity index (χ2v) is 10.6. The average Bonchev–Trinajstić information content (AvgIpc) is 3.60. The first-order valence-corrected chi connectivity index (χ1v) is 12.9. The third kappa shape index (κ3) is 4.22. The number of anilines is 1. The van der Waals surface area contributed by atoms with Gasteiger partial charge in [0.2, 0.25) is 5.95 Å². The third-order valence-electron chi connectivity index (χ3n) is 5.60. The first-order valence-electron chi connectivity index (χ1n) is 11.2. The van der Waals surface area contributed by atoms with E-state index in [4.69, 9.17) is 33.9 Å². The lowest BCUT2D eigenvalue weighted by Gasteiger charge is -2.26. The topological polar surface area (TPSA) is 202 Å². The van der Waals surface area contributed by atoms with Crippen LogP contribution in [-0.2, 0) is 20.6 Å². The van der Waals surface area contributed by atoms with Gasteiger partial charge in [-0.05, 0) is 24.3 Å². The molecule has 2 unspecified atom stereocenters. The van der Waals surface area contributed by atoms with Crippen molar-refractivity contribution in [2.75, 3.05) is 18.9 Å². The molecule has 2 aliphatic heterocycles. The molecule has 16 heteroatoms. The predicted octanol–water partition coefficient (Wildman–Crippen LogP) is 1.89. The number of fused-ring (bicyclic) bond motifs is 3. The van der Waals surface area contributed by atoms with Crippen LogP contribution in [0.15, 0.2) is 47.5 Å². The summed E-state index contributed by atoms with van der Waals surface area (Å²) in [5.41, 5.74) is 5.46. The Morgan fingerprint density at radius 2 is 1.58 bits per heavy atom. The van der Waals surface area contributed by atoms with Gasteiger partial charge in [0.15, 0.2) is 34.2 Å². The number of nitrogens with one attached hydrogen (secondary N) is 1. The molecule has 0 amide bonds. The predicted molar refractivity (Wildman–Crippen MR) is 128 cm³/mol. The molecule has 0 fully saturated rings. The number of benzene rings is 2. The van der Waals surface area contributed by atoms with Crippen molar-refractivity contribution in [3.63, 3.8) is 0 Å². The molecule has 0 spiro atoms. The SMILES string of the molecule is Nc1nc2c(ncn2COCCOP(=O)(C2Oc3ccc(O)cc3O2)C2Oc3ccc(O)cc3O2)c(=O)[nH]1. The summed E-state index contributed by atoms with van der Waals surface area (Å²) in [6, 6.07) is 5.42. The van der Waals surface area contributed by atoms with E-state index in [1.165, 1.54) is 47.3 Å². The van der Waals surface area contributed by atoms with Gasteiger partial charge in [-0.2, -0.15) is 4.98 Å². The molecule has 2 aromatic heterocycles. The molecule has 5 N–H and O–H groups in total. The number of rotatable bonds is 8. The van der Waals surface area contributed by atoms with Gasteiger partial charge in [-0.25, -0.2) is 4.98 Å². The van der Waals surface area contributed by atoms with Crippen LogP contribution >= 0.6 is 7.37 Å². The van der Waals surface area contributed by atoms with Crippen molar-refractivity contribution in [2.45, 2.75) is 18.8 Å². The summed E-state index contributed by atoms with van der Waals surface area (Å²) in [7, 11) is -4.09. The number of nitrogens with zero attached hydrogens (tertiary/aromatic N) is 3. The van der Waals surface area contributed by atoms with Crippen molar-refractivity contribution in [1.29, 1.82) is 0 Å². The van der Waals surface area contributed by atoms with Crippen molar-refractivity contribution in [2.24, 2.45) is 0 Å². The number of nitrogen functional groups attached to an aromatic ring is 1. The van der Waals surface area contributed by atoms with Gasteiger partial charge in [-0.15, -0.1) is 0 Å². The first kappa shape index (κ1) is 23.9. The minimum Gasteiger partial charge on any atom is -0.508 e. The molecule has 0 saturated carbocycles.